The van der Waals surface area contributed by atoms with Gasteiger partial charge in [0.1, 0.15) is 6.29 Å². The van der Waals surface area contributed by atoms with Crippen LogP contribution in [0.4, 0.5) is 0 Å². The van der Waals surface area contributed by atoms with Gasteiger partial charge >= 0.3 is 0 Å². The van der Waals surface area contributed by atoms with Crippen LogP contribution in [0.5, 0.6) is 0 Å². The number of carbonyl (C=O) groups is 2. The molecule has 0 aromatic rings. The largest absolute Gasteiger partial charge is 0.335 e. The van der Waals surface area contributed by atoms with Crippen molar-refractivity contribution in [1.29, 1.82) is 0 Å². The molecule has 0 radical (unpaired) electrons. The minimum atomic E-state index is -0.144. The number of likely N-dealkylation sites (N-methyl/N-ethyl adjacent to an activating group) is 2. The first-order valence-corrected chi connectivity index (χ1v) is 4.08. The number of nitrogens with zero attached hydrogens (tertiary/aromatic N) is 2. The zero-order chi connectivity index (χ0) is 10.3. The lowest BCUT2D eigenvalue weighted by Gasteiger charge is -2.10. The minimum absolute atomic E-state index is 0.144. The van der Waals surface area contributed by atoms with Crippen molar-refractivity contribution < 1.29 is 9.59 Å². The number of hydrogen-bond donors (Lipinski definition) is 0. The zero-order valence-corrected chi connectivity index (χ0v) is 8.36. The quantitative estimate of drug-likeness (QED) is 0.437. The maximum absolute atomic E-state index is 11.2. The second-order valence-electron chi connectivity index (χ2n) is 3.05. The summed E-state index contributed by atoms with van der Waals surface area (Å²) in [5, 5.41) is 0. The summed E-state index contributed by atoms with van der Waals surface area (Å²) >= 11 is 0. The monoisotopic (exact) mass is 184 g/mol. The molecule has 1 amide bonds. The molecule has 0 N–H and O–H groups in total. The highest BCUT2D eigenvalue weighted by atomic mass is 16.2. The molecular formula is C9H16N2O2. The normalized spacial score (nSPS) is 10.8. The second-order valence-corrected chi connectivity index (χ2v) is 3.05. The van der Waals surface area contributed by atoms with Crippen LogP contribution in [0.15, 0.2) is 12.2 Å². The Balaban J connectivity index is 3.84. The van der Waals surface area contributed by atoms with Crippen molar-refractivity contribution >= 4 is 12.2 Å². The first kappa shape index (κ1) is 11.8. The van der Waals surface area contributed by atoms with Gasteiger partial charge in [0.05, 0.1) is 6.54 Å². The SMILES string of the molecule is CN(C)C/C=C/C(=O)N(C)CC=O. The minimum Gasteiger partial charge on any atom is -0.335 e. The van der Waals surface area contributed by atoms with Gasteiger partial charge in [-0.3, -0.25) is 4.79 Å². The van der Waals surface area contributed by atoms with Crippen LogP contribution in [0.25, 0.3) is 0 Å². The van der Waals surface area contributed by atoms with E-state index in [2.05, 4.69) is 0 Å². The second kappa shape index (κ2) is 6.37. The topological polar surface area (TPSA) is 40.6 Å². The summed E-state index contributed by atoms with van der Waals surface area (Å²) in [6.07, 6.45) is 3.95. The molecule has 0 atom stereocenters. The molecule has 0 aliphatic heterocycles. The molecule has 0 aliphatic carbocycles. The van der Waals surface area contributed by atoms with Gasteiger partial charge in [0, 0.05) is 19.7 Å². The molecule has 0 fully saturated rings. The van der Waals surface area contributed by atoms with Crippen molar-refractivity contribution in [3.63, 3.8) is 0 Å². The third kappa shape index (κ3) is 6.04. The van der Waals surface area contributed by atoms with Gasteiger partial charge < -0.3 is 14.6 Å². The Labute approximate surface area is 78.8 Å². The third-order valence-electron chi connectivity index (χ3n) is 1.46. The number of rotatable bonds is 5. The standard InChI is InChI=1S/C9H16N2O2/c1-10(2)6-4-5-9(13)11(3)7-8-12/h4-5,8H,6-7H2,1-3H3/b5-4+. The van der Waals surface area contributed by atoms with Crippen molar-refractivity contribution in [2.45, 2.75) is 0 Å². The Bertz CT molecular complexity index is 200. The van der Waals surface area contributed by atoms with Gasteiger partial charge in [-0.2, -0.15) is 0 Å². The summed E-state index contributed by atoms with van der Waals surface area (Å²) in [4.78, 5) is 24.6. The number of amides is 1. The fourth-order valence-electron chi connectivity index (χ4n) is 0.693. The molecule has 0 aromatic carbocycles. The van der Waals surface area contributed by atoms with E-state index in [-0.39, 0.29) is 12.5 Å². The van der Waals surface area contributed by atoms with Gasteiger partial charge in [-0.05, 0) is 14.1 Å². The van der Waals surface area contributed by atoms with E-state index in [1.165, 1.54) is 11.0 Å². The molecule has 0 saturated carbocycles. The molecule has 0 bridgehead atoms. The van der Waals surface area contributed by atoms with Gasteiger partial charge in [-0.1, -0.05) is 6.08 Å². The van der Waals surface area contributed by atoms with Gasteiger partial charge in [-0.15, -0.1) is 0 Å². The highest BCUT2D eigenvalue weighted by Gasteiger charge is 2.01. The summed E-state index contributed by atoms with van der Waals surface area (Å²) in [5.74, 6) is -0.144. The summed E-state index contributed by atoms with van der Waals surface area (Å²) in [5.41, 5.74) is 0. The molecule has 13 heavy (non-hydrogen) atoms. The fourth-order valence-corrected chi connectivity index (χ4v) is 0.693. The first-order valence-electron chi connectivity index (χ1n) is 4.08. The summed E-state index contributed by atoms with van der Waals surface area (Å²) < 4.78 is 0. The van der Waals surface area contributed by atoms with E-state index in [4.69, 9.17) is 0 Å². The molecule has 0 rings (SSSR count). The fraction of sp³-hybridized carbons (Fsp3) is 0.556. The Morgan fingerprint density at radius 3 is 2.31 bits per heavy atom. The van der Waals surface area contributed by atoms with E-state index in [1.54, 1.807) is 13.1 Å². The molecule has 4 nitrogen and oxygen atoms in total. The van der Waals surface area contributed by atoms with Crippen molar-refractivity contribution in [3.05, 3.63) is 12.2 Å². The van der Waals surface area contributed by atoms with E-state index >= 15 is 0 Å². The van der Waals surface area contributed by atoms with Crippen molar-refractivity contribution in [2.24, 2.45) is 0 Å². The van der Waals surface area contributed by atoms with Gasteiger partial charge in [-0.25, -0.2) is 0 Å². The van der Waals surface area contributed by atoms with Crippen LogP contribution >= 0.6 is 0 Å². The van der Waals surface area contributed by atoms with Crippen LogP contribution in [0, 0.1) is 0 Å². The number of hydrogen-bond acceptors (Lipinski definition) is 3. The van der Waals surface area contributed by atoms with Gasteiger partial charge in [0.2, 0.25) is 5.91 Å². The molecule has 74 valence electrons. The zero-order valence-electron chi connectivity index (χ0n) is 8.36. The average Bonchev–Trinajstić information content (AvgIpc) is 2.04. The molecule has 0 spiro atoms. The molecule has 0 aliphatic rings. The van der Waals surface area contributed by atoms with E-state index < -0.39 is 0 Å². The lowest BCUT2D eigenvalue weighted by Crippen LogP contribution is -2.26. The van der Waals surface area contributed by atoms with E-state index in [9.17, 15) is 9.59 Å². The maximum atomic E-state index is 11.2. The summed E-state index contributed by atoms with van der Waals surface area (Å²) in [6.45, 7) is 0.867. The van der Waals surface area contributed by atoms with Gasteiger partial charge in [0.15, 0.2) is 0 Å². The molecule has 0 saturated heterocycles. The van der Waals surface area contributed by atoms with Crippen LogP contribution in [0.3, 0.4) is 0 Å². The highest BCUT2D eigenvalue weighted by Crippen LogP contribution is 1.85. The lowest BCUT2D eigenvalue weighted by molar-refractivity contribution is -0.127. The maximum Gasteiger partial charge on any atom is 0.246 e. The Morgan fingerprint density at radius 1 is 1.23 bits per heavy atom. The van der Waals surface area contributed by atoms with Crippen LogP contribution in [-0.4, -0.2) is 56.2 Å². The predicted molar refractivity (Wildman–Crippen MR) is 51.4 cm³/mol. The van der Waals surface area contributed by atoms with Gasteiger partial charge in [0.25, 0.3) is 0 Å². The molecule has 0 heterocycles. The Kier molecular flexibility index (Phi) is 5.80. The number of aldehydes is 1. The van der Waals surface area contributed by atoms with E-state index in [0.29, 0.717) is 6.29 Å². The smallest absolute Gasteiger partial charge is 0.246 e. The average molecular weight is 184 g/mol. The van der Waals surface area contributed by atoms with Crippen LogP contribution in [-0.2, 0) is 9.59 Å². The molecule has 0 aromatic heterocycles. The van der Waals surface area contributed by atoms with Crippen LogP contribution < -0.4 is 0 Å². The Morgan fingerprint density at radius 2 is 1.85 bits per heavy atom. The van der Waals surface area contributed by atoms with Crippen molar-refractivity contribution in [2.75, 3.05) is 34.2 Å². The highest BCUT2D eigenvalue weighted by molar-refractivity contribution is 5.88. The molecule has 0 unspecified atom stereocenters. The summed E-state index contributed by atoms with van der Waals surface area (Å²) in [7, 11) is 5.44. The number of carbonyl (C=O) groups excluding carboxylic acids is 2. The van der Waals surface area contributed by atoms with Crippen molar-refractivity contribution in [1.82, 2.24) is 9.80 Å². The molecule has 4 heteroatoms. The molecular weight excluding hydrogens is 168 g/mol. The van der Waals surface area contributed by atoms with E-state index in [1.807, 2.05) is 19.0 Å². The predicted octanol–water partition coefficient (Wildman–Crippen LogP) is -0.238. The van der Waals surface area contributed by atoms with E-state index in [0.717, 1.165) is 6.54 Å². The first-order chi connectivity index (χ1) is 6.07. The summed E-state index contributed by atoms with van der Waals surface area (Å²) in [6, 6.07) is 0. The third-order valence-corrected chi connectivity index (χ3v) is 1.46. The van der Waals surface area contributed by atoms with Crippen LogP contribution in [0.1, 0.15) is 0 Å². The van der Waals surface area contributed by atoms with Crippen LogP contribution in [0.2, 0.25) is 0 Å². The lowest BCUT2D eigenvalue weighted by atomic mass is 10.4. The van der Waals surface area contributed by atoms with Crippen molar-refractivity contribution in [3.8, 4) is 0 Å². The Hall–Kier alpha value is -1.16.